The first-order chi connectivity index (χ1) is 14.8. The first kappa shape index (κ1) is 19.6. The van der Waals surface area contributed by atoms with Crippen LogP contribution in [0.15, 0.2) is 75.6 Å². The lowest BCUT2D eigenvalue weighted by Gasteiger charge is -2.22. The Morgan fingerprint density at radius 3 is 2.60 bits per heavy atom. The van der Waals surface area contributed by atoms with E-state index in [1.807, 2.05) is 12.3 Å². The maximum Gasteiger partial charge on any atom is 0.292 e. The van der Waals surface area contributed by atoms with E-state index >= 15 is 0 Å². The van der Waals surface area contributed by atoms with Crippen molar-refractivity contribution in [3.63, 3.8) is 0 Å². The highest BCUT2D eigenvalue weighted by Crippen LogP contribution is 2.33. The van der Waals surface area contributed by atoms with Gasteiger partial charge in [0.2, 0.25) is 0 Å². The Balaban J connectivity index is 1.11. The highest BCUT2D eigenvalue weighted by Gasteiger charge is 2.32. The van der Waals surface area contributed by atoms with Gasteiger partial charge in [-0.05, 0) is 48.6 Å². The molecule has 0 bridgehead atoms. The zero-order valence-corrected chi connectivity index (χ0v) is 18.0. The van der Waals surface area contributed by atoms with Crippen molar-refractivity contribution < 1.29 is 9.47 Å². The first-order valence-corrected chi connectivity index (χ1v) is 11.8. The summed E-state index contributed by atoms with van der Waals surface area (Å²) in [4.78, 5) is 9.18. The van der Waals surface area contributed by atoms with E-state index in [-0.39, 0.29) is 6.10 Å². The van der Waals surface area contributed by atoms with Gasteiger partial charge in [0.15, 0.2) is 6.10 Å². The highest BCUT2D eigenvalue weighted by molar-refractivity contribution is 8.03. The number of fused-ring (bicyclic) bond motifs is 1. The lowest BCUT2D eigenvalue weighted by atomic mass is 9.84. The van der Waals surface area contributed by atoms with Crippen LogP contribution in [0.25, 0.3) is 0 Å². The highest BCUT2D eigenvalue weighted by atomic mass is 32.2. The smallest absolute Gasteiger partial charge is 0.292 e. The van der Waals surface area contributed by atoms with Crippen molar-refractivity contribution in [3.05, 3.63) is 71.3 Å². The van der Waals surface area contributed by atoms with Crippen LogP contribution in [0.3, 0.4) is 0 Å². The van der Waals surface area contributed by atoms with Crippen molar-refractivity contribution in [2.75, 3.05) is 19.7 Å². The summed E-state index contributed by atoms with van der Waals surface area (Å²) in [6.07, 6.45) is 8.71. The quantitative estimate of drug-likeness (QED) is 0.590. The van der Waals surface area contributed by atoms with Crippen molar-refractivity contribution in [2.45, 2.75) is 49.0 Å². The van der Waals surface area contributed by atoms with Crippen molar-refractivity contribution in [1.82, 2.24) is 4.90 Å². The van der Waals surface area contributed by atoms with E-state index in [9.17, 15) is 0 Å². The molecule has 4 nitrogen and oxygen atoms in total. The molecule has 0 spiro atoms. The molecular formula is C25H28N2O2S. The van der Waals surface area contributed by atoms with Crippen LogP contribution in [0.4, 0.5) is 0 Å². The van der Waals surface area contributed by atoms with Crippen LogP contribution in [0.5, 0.6) is 5.75 Å². The van der Waals surface area contributed by atoms with Gasteiger partial charge in [0.25, 0.3) is 6.02 Å². The molecular weight excluding hydrogens is 392 g/mol. The third-order valence-electron chi connectivity index (χ3n) is 6.02. The largest absolute Gasteiger partial charge is 0.490 e. The topological polar surface area (TPSA) is 34.1 Å². The third-order valence-corrected chi connectivity index (χ3v) is 7.02. The van der Waals surface area contributed by atoms with E-state index in [0.717, 1.165) is 24.8 Å². The minimum Gasteiger partial charge on any atom is -0.490 e. The maximum absolute atomic E-state index is 6.03. The average Bonchev–Trinajstić information content (AvgIpc) is 3.22. The lowest BCUT2D eigenvalue weighted by molar-refractivity contribution is 0.146. The minimum atomic E-state index is 0.0104. The molecule has 5 heteroatoms. The van der Waals surface area contributed by atoms with Gasteiger partial charge in [-0.15, -0.1) is 0 Å². The third kappa shape index (κ3) is 4.67. The molecule has 1 atom stereocenters. The van der Waals surface area contributed by atoms with Gasteiger partial charge >= 0.3 is 0 Å². The second-order valence-corrected chi connectivity index (χ2v) is 9.46. The molecule has 2 heterocycles. The molecule has 1 saturated carbocycles. The van der Waals surface area contributed by atoms with Crippen LogP contribution in [0, 0.1) is 0 Å². The molecule has 3 aliphatic rings. The van der Waals surface area contributed by atoms with E-state index in [1.165, 1.54) is 47.5 Å². The zero-order chi connectivity index (χ0) is 20.2. The molecule has 2 aromatic carbocycles. The van der Waals surface area contributed by atoms with E-state index in [2.05, 4.69) is 58.4 Å². The van der Waals surface area contributed by atoms with Gasteiger partial charge in [-0.2, -0.15) is 0 Å². The Morgan fingerprint density at radius 2 is 1.80 bits per heavy atom. The van der Waals surface area contributed by atoms with Gasteiger partial charge in [-0.3, -0.25) is 0 Å². The monoisotopic (exact) mass is 420 g/mol. The summed E-state index contributed by atoms with van der Waals surface area (Å²) in [5.41, 5.74) is 1.46. The molecule has 156 valence electrons. The molecule has 1 aliphatic carbocycles. The fourth-order valence-corrected chi connectivity index (χ4v) is 5.35. The summed E-state index contributed by atoms with van der Waals surface area (Å²) < 4.78 is 12.0. The van der Waals surface area contributed by atoms with Crippen LogP contribution in [-0.4, -0.2) is 36.7 Å². The predicted molar refractivity (Wildman–Crippen MR) is 122 cm³/mol. The Hall–Kier alpha value is -2.40. The van der Waals surface area contributed by atoms with Crippen molar-refractivity contribution in [3.8, 4) is 5.75 Å². The fourth-order valence-electron chi connectivity index (χ4n) is 4.43. The Kier molecular flexibility index (Phi) is 5.98. The van der Waals surface area contributed by atoms with Gasteiger partial charge in [0, 0.05) is 16.0 Å². The Bertz CT molecular complexity index is 905. The SMILES string of the molecule is C1=C(Sc2ccccc2)CN2C[C@@H](COc3ccc(C4CCCCC4)cc3)OC2=N1. The normalized spacial score (nSPS) is 21.5. The molecule has 2 aromatic rings. The number of hydrogen-bond acceptors (Lipinski definition) is 5. The molecule has 2 aliphatic heterocycles. The molecule has 0 aromatic heterocycles. The average molecular weight is 421 g/mol. The molecule has 5 rings (SSSR count). The number of benzene rings is 2. The number of aliphatic imine (C=N–C) groups is 1. The zero-order valence-electron chi connectivity index (χ0n) is 17.2. The van der Waals surface area contributed by atoms with Crippen molar-refractivity contribution >= 4 is 17.8 Å². The summed E-state index contributed by atoms with van der Waals surface area (Å²) in [6, 6.07) is 19.8. The number of nitrogens with zero attached hydrogens (tertiary/aromatic N) is 2. The van der Waals surface area contributed by atoms with Crippen LogP contribution in [0.1, 0.15) is 43.6 Å². The Morgan fingerprint density at radius 1 is 1.00 bits per heavy atom. The second-order valence-electron chi connectivity index (χ2n) is 8.26. The summed E-state index contributed by atoms with van der Waals surface area (Å²) in [5, 5.41) is 0. The number of amidine groups is 1. The van der Waals surface area contributed by atoms with Gasteiger partial charge in [-0.25, -0.2) is 4.99 Å². The van der Waals surface area contributed by atoms with E-state index in [0.29, 0.717) is 12.6 Å². The summed E-state index contributed by atoms with van der Waals surface area (Å²) in [5.74, 6) is 1.65. The van der Waals surface area contributed by atoms with E-state index in [4.69, 9.17) is 9.47 Å². The maximum atomic E-state index is 6.03. The molecule has 2 fully saturated rings. The number of hydrogen-bond donors (Lipinski definition) is 0. The lowest BCUT2D eigenvalue weighted by Crippen LogP contribution is -2.30. The summed E-state index contributed by atoms with van der Waals surface area (Å²) in [6.45, 7) is 2.19. The molecule has 0 unspecified atom stereocenters. The number of rotatable bonds is 6. The summed E-state index contributed by atoms with van der Waals surface area (Å²) >= 11 is 1.76. The van der Waals surface area contributed by atoms with Gasteiger partial charge in [0.1, 0.15) is 12.4 Å². The molecule has 1 saturated heterocycles. The number of thioether (sulfide) groups is 1. The molecule has 30 heavy (non-hydrogen) atoms. The first-order valence-electron chi connectivity index (χ1n) is 11.0. The van der Waals surface area contributed by atoms with Crippen LogP contribution in [-0.2, 0) is 4.74 Å². The van der Waals surface area contributed by atoms with Gasteiger partial charge < -0.3 is 14.4 Å². The predicted octanol–water partition coefficient (Wildman–Crippen LogP) is 5.82. The van der Waals surface area contributed by atoms with Gasteiger partial charge in [0.05, 0.1) is 13.1 Å². The van der Waals surface area contributed by atoms with Gasteiger partial charge in [-0.1, -0.05) is 61.4 Å². The summed E-state index contributed by atoms with van der Waals surface area (Å²) in [7, 11) is 0. The molecule has 0 amide bonds. The Labute approximate surface area is 183 Å². The van der Waals surface area contributed by atoms with Crippen LogP contribution in [0.2, 0.25) is 0 Å². The second kappa shape index (κ2) is 9.17. The van der Waals surface area contributed by atoms with E-state index in [1.54, 1.807) is 11.8 Å². The van der Waals surface area contributed by atoms with Crippen molar-refractivity contribution in [1.29, 1.82) is 0 Å². The van der Waals surface area contributed by atoms with Crippen LogP contribution < -0.4 is 4.74 Å². The van der Waals surface area contributed by atoms with E-state index < -0.39 is 0 Å². The number of ether oxygens (including phenoxy) is 2. The van der Waals surface area contributed by atoms with Crippen LogP contribution >= 0.6 is 11.8 Å². The van der Waals surface area contributed by atoms with Crippen molar-refractivity contribution in [2.24, 2.45) is 4.99 Å². The molecule has 0 radical (unpaired) electrons. The standard InChI is InChI=1S/C25H28N2O2S/c1-3-7-19(8-4-1)20-11-13-21(14-12-20)28-18-22-16-27-17-24(15-26-25(27)29-22)30-23-9-5-2-6-10-23/h2,5-6,9-15,19,22H,1,3-4,7-8,16-18H2/t22-/m0/s1. The fraction of sp³-hybridized carbons (Fsp3) is 0.400. The minimum absolute atomic E-state index is 0.0104. The molecule has 0 N–H and O–H groups in total.